The van der Waals surface area contributed by atoms with Crippen molar-refractivity contribution in [2.24, 2.45) is 7.05 Å². The number of pyridine rings is 1. The van der Waals surface area contributed by atoms with Crippen molar-refractivity contribution in [1.82, 2.24) is 44.7 Å². The maximum Gasteiger partial charge on any atom is 0.265 e. The van der Waals surface area contributed by atoms with Crippen LogP contribution in [0.2, 0.25) is 0 Å². The van der Waals surface area contributed by atoms with Crippen LogP contribution in [0.1, 0.15) is 28.9 Å². The zero-order valence-corrected chi connectivity index (χ0v) is 24.4. The van der Waals surface area contributed by atoms with Gasteiger partial charge in [-0.25, -0.2) is 14.6 Å². The zero-order valence-electron chi connectivity index (χ0n) is 23.5. The molecule has 1 saturated heterocycles. The molecule has 216 valence electrons. The van der Waals surface area contributed by atoms with Crippen LogP contribution in [0, 0.1) is 0 Å². The van der Waals surface area contributed by atoms with E-state index in [-0.39, 0.29) is 12.1 Å². The van der Waals surface area contributed by atoms with Gasteiger partial charge in [0.2, 0.25) is 5.95 Å². The lowest BCUT2D eigenvalue weighted by Crippen LogP contribution is -2.35. The molecule has 0 unspecified atom stereocenters. The van der Waals surface area contributed by atoms with Gasteiger partial charge in [0.25, 0.3) is 11.5 Å². The minimum absolute atomic E-state index is 0.0216. The molecule has 0 aliphatic carbocycles. The van der Waals surface area contributed by atoms with E-state index in [4.69, 9.17) is 4.98 Å². The second kappa shape index (κ2) is 11.7. The molecule has 4 aromatic heterocycles. The number of piperidine rings is 1. The quantitative estimate of drug-likeness (QED) is 0.248. The van der Waals surface area contributed by atoms with Crippen LogP contribution in [0.25, 0.3) is 21.7 Å². The molecule has 1 aromatic carbocycles. The van der Waals surface area contributed by atoms with Crippen molar-refractivity contribution in [2.75, 3.05) is 37.8 Å². The normalized spacial score (nSPS) is 13.8. The first kappa shape index (κ1) is 27.5. The van der Waals surface area contributed by atoms with Crippen LogP contribution >= 0.6 is 11.3 Å². The highest BCUT2D eigenvalue weighted by atomic mass is 32.1. The second-order valence-corrected chi connectivity index (χ2v) is 11.2. The third kappa shape index (κ3) is 5.58. The van der Waals surface area contributed by atoms with Gasteiger partial charge >= 0.3 is 0 Å². The smallest absolute Gasteiger partial charge is 0.265 e. The van der Waals surface area contributed by atoms with Crippen LogP contribution in [0.3, 0.4) is 0 Å². The third-order valence-corrected chi connectivity index (χ3v) is 7.93. The summed E-state index contributed by atoms with van der Waals surface area (Å²) in [6, 6.07) is 9.97. The van der Waals surface area contributed by atoms with Crippen molar-refractivity contribution >= 4 is 45.6 Å². The lowest BCUT2D eigenvalue weighted by Gasteiger charge is -2.24. The highest BCUT2D eigenvalue weighted by molar-refractivity contribution is 7.13. The molecule has 0 atom stereocenters. The molecule has 0 radical (unpaired) electrons. The molecule has 5 aromatic rings. The van der Waals surface area contributed by atoms with Crippen molar-refractivity contribution in [1.29, 1.82) is 0 Å². The molecule has 13 nitrogen and oxygen atoms in total. The highest BCUT2D eigenvalue weighted by Gasteiger charge is 2.22. The van der Waals surface area contributed by atoms with Gasteiger partial charge in [0.05, 0.1) is 6.54 Å². The van der Waals surface area contributed by atoms with E-state index in [2.05, 4.69) is 36.2 Å². The van der Waals surface area contributed by atoms with Gasteiger partial charge in [0.15, 0.2) is 0 Å². The Morgan fingerprint density at radius 2 is 1.90 bits per heavy atom. The number of nitrogens with zero attached hydrogens (tertiary/aromatic N) is 8. The Morgan fingerprint density at radius 1 is 1.14 bits per heavy atom. The van der Waals surface area contributed by atoms with Crippen molar-refractivity contribution in [3.8, 4) is 10.7 Å². The lowest BCUT2D eigenvalue weighted by molar-refractivity contribution is 0.0825. The van der Waals surface area contributed by atoms with E-state index in [0.29, 0.717) is 34.4 Å². The summed E-state index contributed by atoms with van der Waals surface area (Å²) in [6.07, 6.45) is 5.50. The highest BCUT2D eigenvalue weighted by Crippen LogP contribution is 2.25. The largest absolute Gasteiger partial charge is 0.382 e. The number of aromatic nitrogens is 7. The number of amides is 1. The average molecular weight is 586 g/mol. The van der Waals surface area contributed by atoms with Crippen LogP contribution in [0.4, 0.5) is 17.3 Å². The summed E-state index contributed by atoms with van der Waals surface area (Å²) in [5, 5.41) is 21.8. The number of benzene rings is 1. The van der Waals surface area contributed by atoms with Gasteiger partial charge < -0.3 is 20.9 Å². The number of thiazole rings is 1. The Balaban J connectivity index is 1.35. The molecular formula is C28H31N11O2S. The summed E-state index contributed by atoms with van der Waals surface area (Å²) in [6.45, 7) is 2.09. The van der Waals surface area contributed by atoms with Crippen molar-refractivity contribution in [3.63, 3.8) is 0 Å². The zero-order chi connectivity index (χ0) is 29.2. The number of hydrogen-bond acceptors (Lipinski definition) is 11. The molecule has 5 heterocycles. The SMILES string of the molecule is CN(C)C(=O)c1cc2cnc(Nc3ccc(NC4CCNCC4)cc3)nc2n(Cc2nnn(C)c2-c2nccs2)c1=O. The molecule has 6 rings (SSSR count). The van der Waals surface area contributed by atoms with Gasteiger partial charge in [-0.05, 0) is 56.3 Å². The topological polar surface area (TPSA) is 148 Å². The van der Waals surface area contributed by atoms with Gasteiger partial charge in [0.1, 0.15) is 27.6 Å². The van der Waals surface area contributed by atoms with Gasteiger partial charge in [-0.1, -0.05) is 5.21 Å². The fourth-order valence-corrected chi connectivity index (χ4v) is 5.73. The number of hydrogen-bond donors (Lipinski definition) is 3. The minimum atomic E-state index is -0.477. The van der Waals surface area contributed by atoms with E-state index in [1.807, 2.05) is 29.6 Å². The summed E-state index contributed by atoms with van der Waals surface area (Å²) >= 11 is 1.45. The number of carbonyl (C=O) groups is 1. The predicted octanol–water partition coefficient (Wildman–Crippen LogP) is 2.70. The third-order valence-electron chi connectivity index (χ3n) is 7.15. The Morgan fingerprint density at radius 3 is 2.62 bits per heavy atom. The van der Waals surface area contributed by atoms with Crippen LogP contribution in [0.15, 0.2) is 52.9 Å². The fraction of sp³-hybridized carbons (Fsp3) is 0.321. The van der Waals surface area contributed by atoms with Gasteiger partial charge in [-0.2, -0.15) is 4.98 Å². The Hall–Kier alpha value is -4.69. The summed E-state index contributed by atoms with van der Waals surface area (Å²) in [5.74, 6) is -0.0870. The number of carbonyl (C=O) groups excluding carboxylic acids is 1. The van der Waals surface area contributed by atoms with Crippen LogP contribution in [-0.2, 0) is 13.6 Å². The van der Waals surface area contributed by atoms with E-state index >= 15 is 0 Å². The van der Waals surface area contributed by atoms with Gasteiger partial charge in [0, 0.05) is 61.7 Å². The summed E-state index contributed by atoms with van der Waals surface area (Å²) in [4.78, 5) is 41.7. The predicted molar refractivity (Wildman–Crippen MR) is 162 cm³/mol. The molecule has 0 spiro atoms. The number of anilines is 3. The molecule has 0 saturated carbocycles. The maximum absolute atomic E-state index is 13.8. The first-order valence-corrected chi connectivity index (χ1v) is 14.5. The van der Waals surface area contributed by atoms with E-state index in [9.17, 15) is 9.59 Å². The second-order valence-electron chi connectivity index (χ2n) is 10.3. The van der Waals surface area contributed by atoms with E-state index < -0.39 is 11.5 Å². The molecule has 1 aliphatic heterocycles. The number of rotatable bonds is 8. The molecule has 3 N–H and O–H groups in total. The monoisotopic (exact) mass is 585 g/mol. The van der Waals surface area contributed by atoms with Crippen molar-refractivity contribution in [3.05, 3.63) is 69.7 Å². The molecular weight excluding hydrogens is 554 g/mol. The van der Waals surface area contributed by atoms with Crippen molar-refractivity contribution in [2.45, 2.75) is 25.4 Å². The standard InChI is InChI=1S/C28H31N11O2S/c1-37(2)26(40)21-14-17-15-31-28(33-19-6-4-18(5-7-19)32-20-8-10-29-11-9-20)34-24(17)39(27(21)41)16-22-23(38(3)36-35-22)25-30-12-13-42-25/h4-7,12-15,20,29,32H,8-11,16H2,1-3H3,(H,31,33,34). The van der Waals surface area contributed by atoms with E-state index in [1.165, 1.54) is 20.8 Å². The molecule has 0 bridgehead atoms. The number of nitrogens with one attached hydrogen (secondary N) is 3. The number of aryl methyl sites for hydroxylation is 1. The molecule has 1 amide bonds. The molecule has 14 heteroatoms. The minimum Gasteiger partial charge on any atom is -0.382 e. The Kier molecular flexibility index (Phi) is 7.63. The maximum atomic E-state index is 13.8. The van der Waals surface area contributed by atoms with Crippen LogP contribution < -0.4 is 21.5 Å². The summed E-state index contributed by atoms with van der Waals surface area (Å²) in [7, 11) is 4.99. The van der Waals surface area contributed by atoms with Gasteiger partial charge in [-0.3, -0.25) is 14.2 Å². The Bertz CT molecular complexity index is 1770. The van der Waals surface area contributed by atoms with Crippen LogP contribution in [-0.4, -0.2) is 78.5 Å². The first-order chi connectivity index (χ1) is 20.4. The summed E-state index contributed by atoms with van der Waals surface area (Å²) in [5.41, 5.74) is 3.00. The van der Waals surface area contributed by atoms with Crippen molar-refractivity contribution < 1.29 is 4.79 Å². The molecule has 1 aliphatic rings. The first-order valence-electron chi connectivity index (χ1n) is 13.6. The molecule has 1 fully saturated rings. The Labute approximate surface area is 245 Å². The number of fused-ring (bicyclic) bond motifs is 1. The van der Waals surface area contributed by atoms with E-state index in [1.54, 1.807) is 44.3 Å². The van der Waals surface area contributed by atoms with Crippen LogP contribution in [0.5, 0.6) is 0 Å². The fourth-order valence-electron chi connectivity index (χ4n) is 5.00. The summed E-state index contributed by atoms with van der Waals surface area (Å²) < 4.78 is 3.08. The van der Waals surface area contributed by atoms with Gasteiger partial charge in [-0.15, -0.1) is 16.4 Å². The molecule has 42 heavy (non-hydrogen) atoms. The van der Waals surface area contributed by atoms with E-state index in [0.717, 1.165) is 42.3 Å². The lowest BCUT2D eigenvalue weighted by atomic mass is 10.1. The average Bonchev–Trinajstić information content (AvgIpc) is 3.65.